The molecule has 29 heavy (non-hydrogen) atoms. The number of ether oxygens (including phenoxy) is 2. The molecule has 0 saturated heterocycles. The van der Waals surface area contributed by atoms with Gasteiger partial charge in [0.2, 0.25) is 0 Å². The topological polar surface area (TPSA) is 83.1 Å². The Morgan fingerprint density at radius 1 is 1.10 bits per heavy atom. The van der Waals surface area contributed by atoms with Gasteiger partial charge in [-0.25, -0.2) is 4.79 Å². The van der Waals surface area contributed by atoms with Gasteiger partial charge in [-0.05, 0) is 60.7 Å². The SMILES string of the molecule is COc1ccc(C(=O)O/N=C(\N)c2cccs2)cc1COc1cc(C)ccc1C. The smallest absolute Gasteiger partial charge is 0.365 e. The van der Waals surface area contributed by atoms with Gasteiger partial charge in [-0.3, -0.25) is 0 Å². The van der Waals surface area contributed by atoms with Crippen molar-refractivity contribution < 1.29 is 19.1 Å². The van der Waals surface area contributed by atoms with E-state index in [0.29, 0.717) is 11.3 Å². The largest absolute Gasteiger partial charge is 0.496 e. The number of oxime groups is 1. The van der Waals surface area contributed by atoms with Gasteiger partial charge in [0.1, 0.15) is 18.1 Å². The Balaban J connectivity index is 1.74. The van der Waals surface area contributed by atoms with Crippen LogP contribution in [-0.2, 0) is 11.4 Å². The predicted octanol–water partition coefficient (Wildman–Crippen LogP) is 4.43. The van der Waals surface area contributed by atoms with Gasteiger partial charge in [0.05, 0.1) is 17.6 Å². The molecule has 150 valence electrons. The summed E-state index contributed by atoms with van der Waals surface area (Å²) in [6, 6.07) is 14.6. The second-order valence-corrected chi connectivity index (χ2v) is 7.36. The fraction of sp³-hybridized carbons (Fsp3) is 0.182. The molecule has 0 saturated carbocycles. The third-order valence-corrected chi connectivity index (χ3v) is 5.14. The van der Waals surface area contributed by atoms with Crippen LogP contribution in [0, 0.1) is 13.8 Å². The highest BCUT2D eigenvalue weighted by atomic mass is 32.1. The molecule has 7 heteroatoms. The van der Waals surface area contributed by atoms with Gasteiger partial charge in [-0.15, -0.1) is 11.3 Å². The van der Waals surface area contributed by atoms with Crippen LogP contribution in [0.5, 0.6) is 11.5 Å². The summed E-state index contributed by atoms with van der Waals surface area (Å²) in [6.07, 6.45) is 0. The molecule has 2 N–H and O–H groups in total. The van der Waals surface area contributed by atoms with Gasteiger partial charge >= 0.3 is 5.97 Å². The highest BCUT2D eigenvalue weighted by Crippen LogP contribution is 2.25. The fourth-order valence-corrected chi connectivity index (χ4v) is 3.27. The minimum absolute atomic E-state index is 0.153. The van der Waals surface area contributed by atoms with Crippen LogP contribution in [0.2, 0.25) is 0 Å². The first-order valence-electron chi connectivity index (χ1n) is 8.93. The van der Waals surface area contributed by atoms with Crippen LogP contribution in [0.15, 0.2) is 59.1 Å². The average molecular weight is 410 g/mol. The lowest BCUT2D eigenvalue weighted by molar-refractivity contribution is 0.0516. The van der Waals surface area contributed by atoms with Gasteiger partial charge in [0.25, 0.3) is 0 Å². The van der Waals surface area contributed by atoms with E-state index >= 15 is 0 Å². The number of carbonyl (C=O) groups is 1. The number of benzene rings is 2. The van der Waals surface area contributed by atoms with E-state index in [-0.39, 0.29) is 12.4 Å². The van der Waals surface area contributed by atoms with Crippen LogP contribution in [0.25, 0.3) is 0 Å². The van der Waals surface area contributed by atoms with Crippen LogP contribution in [0.3, 0.4) is 0 Å². The molecule has 0 fully saturated rings. The minimum Gasteiger partial charge on any atom is -0.496 e. The molecule has 6 nitrogen and oxygen atoms in total. The number of amidine groups is 1. The van der Waals surface area contributed by atoms with Crippen molar-refractivity contribution >= 4 is 23.1 Å². The average Bonchev–Trinajstić information content (AvgIpc) is 3.27. The second kappa shape index (κ2) is 9.25. The Morgan fingerprint density at radius 2 is 1.93 bits per heavy atom. The Kier molecular flexibility index (Phi) is 6.51. The molecular weight excluding hydrogens is 388 g/mol. The molecule has 1 heterocycles. The number of aryl methyl sites for hydroxylation is 2. The summed E-state index contributed by atoms with van der Waals surface area (Å²) in [4.78, 5) is 18.1. The maximum absolute atomic E-state index is 12.4. The van der Waals surface area contributed by atoms with Crippen molar-refractivity contribution in [1.82, 2.24) is 0 Å². The molecule has 0 radical (unpaired) electrons. The lowest BCUT2D eigenvalue weighted by atomic mass is 10.1. The molecule has 0 aliphatic rings. The van der Waals surface area contributed by atoms with E-state index in [4.69, 9.17) is 20.0 Å². The first kappa shape index (κ1) is 20.4. The van der Waals surface area contributed by atoms with Crippen molar-refractivity contribution in [3.63, 3.8) is 0 Å². The molecule has 0 aliphatic carbocycles. The summed E-state index contributed by atoms with van der Waals surface area (Å²) < 4.78 is 11.3. The number of methoxy groups -OCH3 is 1. The van der Waals surface area contributed by atoms with E-state index in [1.54, 1.807) is 31.4 Å². The number of thiophene rings is 1. The molecule has 1 aromatic heterocycles. The number of hydrogen-bond donors (Lipinski definition) is 1. The zero-order valence-corrected chi connectivity index (χ0v) is 17.3. The number of rotatable bonds is 7. The first-order chi connectivity index (χ1) is 14.0. The van der Waals surface area contributed by atoms with E-state index < -0.39 is 5.97 Å². The van der Waals surface area contributed by atoms with E-state index in [1.807, 2.05) is 43.5 Å². The number of nitrogens with two attached hydrogens (primary N) is 1. The van der Waals surface area contributed by atoms with Crippen LogP contribution in [0.4, 0.5) is 0 Å². The zero-order chi connectivity index (χ0) is 20.8. The fourth-order valence-electron chi connectivity index (χ4n) is 2.65. The van der Waals surface area contributed by atoms with E-state index in [1.165, 1.54) is 11.3 Å². The normalized spacial score (nSPS) is 11.2. The highest BCUT2D eigenvalue weighted by molar-refractivity contribution is 7.12. The van der Waals surface area contributed by atoms with Crippen LogP contribution < -0.4 is 15.2 Å². The molecule has 0 atom stereocenters. The summed E-state index contributed by atoms with van der Waals surface area (Å²) in [7, 11) is 1.57. The highest BCUT2D eigenvalue weighted by Gasteiger charge is 2.13. The molecular formula is C22H22N2O4S. The van der Waals surface area contributed by atoms with Crippen LogP contribution in [0.1, 0.15) is 31.9 Å². The predicted molar refractivity (Wildman–Crippen MR) is 114 cm³/mol. The standard InChI is InChI=1S/C22H22N2O4S/c1-14-6-7-15(2)19(11-14)27-13-17-12-16(8-9-18(17)26-3)22(25)28-24-21(23)20-5-4-10-29-20/h4-12H,13H2,1-3H3,(H2,23,24). The van der Waals surface area contributed by atoms with Crippen molar-refractivity contribution in [3.05, 3.63) is 81.0 Å². The third kappa shape index (κ3) is 5.14. The van der Waals surface area contributed by atoms with Gasteiger partial charge in [0, 0.05) is 5.56 Å². The van der Waals surface area contributed by atoms with Crippen LogP contribution in [-0.4, -0.2) is 18.9 Å². The van der Waals surface area contributed by atoms with Gasteiger partial charge in [-0.2, -0.15) is 0 Å². The lowest BCUT2D eigenvalue weighted by Gasteiger charge is -2.13. The van der Waals surface area contributed by atoms with Crippen molar-refractivity contribution in [3.8, 4) is 11.5 Å². The molecule has 2 aromatic carbocycles. The number of hydrogen-bond acceptors (Lipinski definition) is 6. The third-order valence-electron chi connectivity index (χ3n) is 4.24. The second-order valence-electron chi connectivity index (χ2n) is 6.42. The lowest BCUT2D eigenvalue weighted by Crippen LogP contribution is -2.14. The molecule has 3 rings (SSSR count). The summed E-state index contributed by atoms with van der Waals surface area (Å²) in [5, 5.41) is 5.59. The first-order valence-corrected chi connectivity index (χ1v) is 9.81. The zero-order valence-electron chi connectivity index (χ0n) is 16.5. The molecule has 0 aliphatic heterocycles. The number of carbonyl (C=O) groups excluding carboxylic acids is 1. The quantitative estimate of drug-likeness (QED) is 0.270. The molecule has 0 spiro atoms. The van der Waals surface area contributed by atoms with Gasteiger partial charge < -0.3 is 20.0 Å². The molecule has 0 amide bonds. The minimum atomic E-state index is -0.611. The van der Waals surface area contributed by atoms with E-state index in [9.17, 15) is 4.79 Å². The Morgan fingerprint density at radius 3 is 2.66 bits per heavy atom. The monoisotopic (exact) mass is 410 g/mol. The molecule has 3 aromatic rings. The molecule has 0 bridgehead atoms. The van der Waals surface area contributed by atoms with Crippen LogP contribution >= 0.6 is 11.3 Å². The maximum Gasteiger partial charge on any atom is 0.365 e. The van der Waals surface area contributed by atoms with Gasteiger partial charge in [0.15, 0.2) is 5.84 Å². The summed E-state index contributed by atoms with van der Waals surface area (Å²) in [6.45, 7) is 4.23. The summed E-state index contributed by atoms with van der Waals surface area (Å²) in [5.74, 6) is 0.947. The van der Waals surface area contributed by atoms with Crippen molar-refractivity contribution in [2.45, 2.75) is 20.5 Å². The Bertz CT molecular complexity index is 1030. The maximum atomic E-state index is 12.4. The van der Waals surface area contributed by atoms with Crippen molar-refractivity contribution in [2.75, 3.05) is 7.11 Å². The molecule has 0 unspecified atom stereocenters. The van der Waals surface area contributed by atoms with Gasteiger partial charge in [-0.1, -0.05) is 23.4 Å². The Labute approximate surface area is 173 Å². The summed E-state index contributed by atoms with van der Waals surface area (Å²) >= 11 is 1.41. The number of nitrogens with zero attached hydrogens (tertiary/aromatic N) is 1. The van der Waals surface area contributed by atoms with Crippen molar-refractivity contribution in [1.29, 1.82) is 0 Å². The summed E-state index contributed by atoms with van der Waals surface area (Å²) in [5.41, 5.74) is 9.01. The van der Waals surface area contributed by atoms with E-state index in [0.717, 1.165) is 27.3 Å². The Hall–Kier alpha value is -3.32. The van der Waals surface area contributed by atoms with Crippen molar-refractivity contribution in [2.24, 2.45) is 10.9 Å². The van der Waals surface area contributed by atoms with E-state index in [2.05, 4.69) is 5.16 Å².